The Morgan fingerprint density at radius 2 is 2.15 bits per heavy atom. The first-order chi connectivity index (χ1) is 9.65. The second-order valence-corrected chi connectivity index (χ2v) is 5.47. The summed E-state index contributed by atoms with van der Waals surface area (Å²) in [4.78, 5) is 25.3. The number of nitrogens with one attached hydrogen (secondary N) is 1. The number of carboxylic acid groups (broad SMARTS) is 1. The van der Waals surface area contributed by atoms with Gasteiger partial charge in [-0.3, -0.25) is 9.69 Å². The standard InChI is InChI=1S/C14H18N2O4/c17-13(12-7-9(8-20-12)14(18)19)15-10-4-6-16-5-2-1-3-11(10)16/h7-8,10-11H,1-6H2,(H,15,17)(H,18,19). The number of rotatable bonds is 3. The zero-order chi connectivity index (χ0) is 14.1. The number of piperidine rings is 1. The van der Waals surface area contributed by atoms with Crippen molar-refractivity contribution in [3.05, 3.63) is 23.7 Å². The topological polar surface area (TPSA) is 82.8 Å². The van der Waals surface area contributed by atoms with Crippen molar-refractivity contribution in [1.29, 1.82) is 0 Å². The molecule has 2 unspecified atom stereocenters. The Morgan fingerprint density at radius 3 is 2.90 bits per heavy atom. The highest BCUT2D eigenvalue weighted by atomic mass is 16.4. The SMILES string of the molecule is O=C(O)c1coc(C(=O)NC2CCN3CCCCC23)c1. The van der Waals surface area contributed by atoms with Gasteiger partial charge in [0.2, 0.25) is 0 Å². The number of aromatic carboxylic acids is 1. The van der Waals surface area contributed by atoms with Crippen LogP contribution < -0.4 is 5.32 Å². The number of furan rings is 1. The van der Waals surface area contributed by atoms with Gasteiger partial charge in [0, 0.05) is 24.7 Å². The van der Waals surface area contributed by atoms with E-state index in [9.17, 15) is 9.59 Å². The van der Waals surface area contributed by atoms with Crippen LogP contribution >= 0.6 is 0 Å². The molecule has 108 valence electrons. The summed E-state index contributed by atoms with van der Waals surface area (Å²) in [6.45, 7) is 2.13. The third-order valence-electron chi connectivity index (χ3n) is 4.24. The number of amides is 1. The predicted molar refractivity (Wildman–Crippen MR) is 70.8 cm³/mol. The molecule has 3 heterocycles. The summed E-state index contributed by atoms with van der Waals surface area (Å²) in [7, 11) is 0. The summed E-state index contributed by atoms with van der Waals surface area (Å²) in [5.41, 5.74) is 0.000801. The molecule has 0 aromatic carbocycles. The minimum absolute atomic E-state index is 0.000801. The molecular formula is C14H18N2O4. The molecule has 0 saturated carbocycles. The molecule has 0 aliphatic carbocycles. The van der Waals surface area contributed by atoms with Crippen LogP contribution in [0.1, 0.15) is 46.6 Å². The number of carboxylic acids is 1. The van der Waals surface area contributed by atoms with Crippen LogP contribution in [0.5, 0.6) is 0 Å². The number of hydrogen-bond acceptors (Lipinski definition) is 4. The van der Waals surface area contributed by atoms with E-state index in [4.69, 9.17) is 9.52 Å². The zero-order valence-electron chi connectivity index (χ0n) is 11.2. The Bertz CT molecular complexity index is 525. The lowest BCUT2D eigenvalue weighted by Crippen LogP contribution is -2.46. The van der Waals surface area contributed by atoms with Crippen molar-refractivity contribution >= 4 is 11.9 Å². The van der Waals surface area contributed by atoms with Crippen molar-refractivity contribution in [2.75, 3.05) is 13.1 Å². The van der Waals surface area contributed by atoms with Crippen LogP contribution in [0.3, 0.4) is 0 Å². The van der Waals surface area contributed by atoms with Crippen molar-refractivity contribution in [2.45, 2.75) is 37.8 Å². The van der Waals surface area contributed by atoms with Crippen LogP contribution in [0.25, 0.3) is 0 Å². The van der Waals surface area contributed by atoms with Crippen LogP contribution in [0.4, 0.5) is 0 Å². The number of fused-ring (bicyclic) bond motifs is 1. The molecule has 2 saturated heterocycles. The smallest absolute Gasteiger partial charge is 0.338 e. The van der Waals surface area contributed by atoms with Gasteiger partial charge in [-0.1, -0.05) is 6.42 Å². The molecule has 1 aromatic rings. The first-order valence-electron chi connectivity index (χ1n) is 7.02. The number of carbonyl (C=O) groups is 2. The van der Waals surface area contributed by atoms with E-state index in [1.807, 2.05) is 0 Å². The lowest BCUT2D eigenvalue weighted by atomic mass is 9.99. The first-order valence-corrected chi connectivity index (χ1v) is 7.02. The molecule has 0 spiro atoms. The van der Waals surface area contributed by atoms with E-state index in [0.29, 0.717) is 6.04 Å². The number of nitrogens with zero attached hydrogens (tertiary/aromatic N) is 1. The van der Waals surface area contributed by atoms with Gasteiger partial charge < -0.3 is 14.8 Å². The van der Waals surface area contributed by atoms with E-state index >= 15 is 0 Å². The maximum absolute atomic E-state index is 12.1. The molecule has 1 aromatic heterocycles. The largest absolute Gasteiger partial charge is 0.478 e. The molecule has 2 aliphatic rings. The Hall–Kier alpha value is -1.82. The van der Waals surface area contributed by atoms with Gasteiger partial charge >= 0.3 is 5.97 Å². The Balaban J connectivity index is 1.65. The van der Waals surface area contributed by atoms with Gasteiger partial charge in [-0.15, -0.1) is 0 Å². The molecule has 20 heavy (non-hydrogen) atoms. The lowest BCUT2D eigenvalue weighted by Gasteiger charge is -2.32. The van der Waals surface area contributed by atoms with Gasteiger partial charge in [0.25, 0.3) is 5.91 Å². The highest BCUT2D eigenvalue weighted by molar-refractivity contribution is 5.95. The van der Waals surface area contributed by atoms with Crippen molar-refractivity contribution < 1.29 is 19.1 Å². The summed E-state index contributed by atoms with van der Waals surface area (Å²) in [5, 5.41) is 11.8. The quantitative estimate of drug-likeness (QED) is 0.871. The van der Waals surface area contributed by atoms with Gasteiger partial charge in [0.1, 0.15) is 6.26 Å². The first kappa shape index (κ1) is 13.2. The summed E-state index contributed by atoms with van der Waals surface area (Å²) in [6, 6.07) is 1.83. The molecule has 2 atom stereocenters. The zero-order valence-corrected chi connectivity index (χ0v) is 11.2. The fourth-order valence-electron chi connectivity index (χ4n) is 3.22. The molecular weight excluding hydrogens is 260 g/mol. The van der Waals surface area contributed by atoms with Gasteiger partial charge in [-0.2, -0.15) is 0 Å². The predicted octanol–water partition coefficient (Wildman–Crippen LogP) is 1.33. The van der Waals surface area contributed by atoms with Gasteiger partial charge in [0.15, 0.2) is 5.76 Å². The summed E-state index contributed by atoms with van der Waals surface area (Å²) in [6.07, 6.45) is 5.60. The minimum atomic E-state index is -1.09. The molecule has 6 nitrogen and oxygen atoms in total. The number of hydrogen-bond donors (Lipinski definition) is 2. The highest BCUT2D eigenvalue weighted by Crippen LogP contribution is 2.27. The van der Waals surface area contributed by atoms with Crippen molar-refractivity contribution in [3.8, 4) is 0 Å². The fourth-order valence-corrected chi connectivity index (χ4v) is 3.22. The van der Waals surface area contributed by atoms with Crippen LogP contribution in [-0.4, -0.2) is 47.1 Å². The Morgan fingerprint density at radius 1 is 1.30 bits per heavy atom. The van der Waals surface area contributed by atoms with Crippen LogP contribution in [0.15, 0.2) is 16.7 Å². The molecule has 3 rings (SSSR count). The van der Waals surface area contributed by atoms with E-state index < -0.39 is 5.97 Å². The normalized spacial score (nSPS) is 26.2. The molecule has 0 bridgehead atoms. The maximum atomic E-state index is 12.1. The average molecular weight is 278 g/mol. The van der Waals surface area contributed by atoms with Crippen LogP contribution in [0, 0.1) is 0 Å². The monoisotopic (exact) mass is 278 g/mol. The van der Waals surface area contributed by atoms with Crippen molar-refractivity contribution in [2.24, 2.45) is 0 Å². The Kier molecular flexibility index (Phi) is 3.48. The second kappa shape index (κ2) is 5.28. The van der Waals surface area contributed by atoms with Crippen molar-refractivity contribution in [3.63, 3.8) is 0 Å². The van der Waals surface area contributed by atoms with Crippen LogP contribution in [0.2, 0.25) is 0 Å². The van der Waals surface area contributed by atoms with E-state index in [2.05, 4.69) is 10.2 Å². The molecule has 0 radical (unpaired) electrons. The molecule has 2 N–H and O–H groups in total. The second-order valence-electron chi connectivity index (χ2n) is 5.47. The lowest BCUT2D eigenvalue weighted by molar-refractivity contribution is 0.0695. The maximum Gasteiger partial charge on any atom is 0.338 e. The third kappa shape index (κ3) is 2.43. The minimum Gasteiger partial charge on any atom is -0.478 e. The molecule has 6 heteroatoms. The molecule has 2 aliphatic heterocycles. The molecule has 2 fully saturated rings. The fraction of sp³-hybridized carbons (Fsp3) is 0.571. The van der Waals surface area contributed by atoms with E-state index in [-0.39, 0.29) is 23.3 Å². The van der Waals surface area contributed by atoms with Crippen molar-refractivity contribution in [1.82, 2.24) is 10.2 Å². The van der Waals surface area contributed by atoms with Gasteiger partial charge in [-0.25, -0.2) is 4.79 Å². The van der Waals surface area contributed by atoms with E-state index in [1.54, 1.807) is 0 Å². The van der Waals surface area contributed by atoms with Gasteiger partial charge in [-0.05, 0) is 25.8 Å². The summed E-state index contributed by atoms with van der Waals surface area (Å²) >= 11 is 0. The average Bonchev–Trinajstić information content (AvgIpc) is 3.06. The highest BCUT2D eigenvalue weighted by Gasteiger charge is 2.36. The van der Waals surface area contributed by atoms with Gasteiger partial charge in [0.05, 0.1) is 5.56 Å². The third-order valence-corrected chi connectivity index (χ3v) is 4.24. The summed E-state index contributed by atoms with van der Waals surface area (Å²) in [5.74, 6) is -1.35. The van der Waals surface area contributed by atoms with E-state index in [0.717, 1.165) is 32.2 Å². The molecule has 1 amide bonds. The van der Waals surface area contributed by atoms with E-state index in [1.165, 1.54) is 18.9 Å². The summed E-state index contributed by atoms with van der Waals surface area (Å²) < 4.78 is 5.03. The Labute approximate surface area is 116 Å². The van der Waals surface area contributed by atoms with Crippen LogP contribution in [-0.2, 0) is 0 Å². The number of carbonyl (C=O) groups excluding carboxylic acids is 1.